The zero-order chi connectivity index (χ0) is 22.1. The first-order valence-corrected chi connectivity index (χ1v) is 11.4. The third kappa shape index (κ3) is 3.74. The standard InChI is InChI=1S/C23H23N5O3S/c29-11-9-24-22(31)21-20(16-4-3-8-25-23(16)32-21)15-7-10-27(12-15)19(30)13-28-14-26-17-5-1-2-6-18(17)28/h1-6,8,14-15,29H,7,9-13H2,(H,24,31). The minimum absolute atomic E-state index is 0.0413. The van der Waals surface area contributed by atoms with Crippen molar-refractivity contribution in [2.75, 3.05) is 26.2 Å². The fourth-order valence-corrected chi connectivity index (χ4v) is 5.53. The quantitative estimate of drug-likeness (QED) is 0.471. The molecule has 1 aromatic carbocycles. The molecule has 0 bridgehead atoms. The number of nitrogens with one attached hydrogen (secondary N) is 1. The second kappa shape index (κ2) is 8.68. The zero-order valence-electron chi connectivity index (χ0n) is 17.4. The summed E-state index contributed by atoms with van der Waals surface area (Å²) in [4.78, 5) is 37.9. The second-order valence-electron chi connectivity index (χ2n) is 7.87. The molecule has 1 aliphatic heterocycles. The van der Waals surface area contributed by atoms with Crippen LogP contribution in [-0.4, -0.2) is 62.6 Å². The van der Waals surface area contributed by atoms with E-state index in [1.807, 2.05) is 45.9 Å². The van der Waals surface area contributed by atoms with Gasteiger partial charge >= 0.3 is 0 Å². The van der Waals surface area contributed by atoms with Gasteiger partial charge in [-0.15, -0.1) is 11.3 Å². The molecule has 2 amide bonds. The number of para-hydroxylation sites is 2. The number of thiophene rings is 1. The number of hydrogen-bond donors (Lipinski definition) is 2. The van der Waals surface area contributed by atoms with E-state index >= 15 is 0 Å². The zero-order valence-corrected chi connectivity index (χ0v) is 18.2. The van der Waals surface area contributed by atoms with Crippen LogP contribution in [0.25, 0.3) is 21.3 Å². The van der Waals surface area contributed by atoms with Gasteiger partial charge in [-0.05, 0) is 30.2 Å². The van der Waals surface area contributed by atoms with Gasteiger partial charge < -0.3 is 19.9 Å². The third-order valence-corrected chi connectivity index (χ3v) is 7.02. The molecule has 1 saturated heterocycles. The minimum Gasteiger partial charge on any atom is -0.395 e. The van der Waals surface area contributed by atoms with Crippen LogP contribution in [-0.2, 0) is 11.3 Å². The molecule has 0 spiro atoms. The van der Waals surface area contributed by atoms with Crippen molar-refractivity contribution in [2.45, 2.75) is 18.9 Å². The number of aromatic nitrogens is 3. The molecule has 1 atom stereocenters. The average Bonchev–Trinajstić information content (AvgIpc) is 3.54. The highest BCUT2D eigenvalue weighted by Crippen LogP contribution is 2.39. The molecule has 0 aliphatic carbocycles. The van der Waals surface area contributed by atoms with Gasteiger partial charge in [-0.25, -0.2) is 9.97 Å². The highest BCUT2D eigenvalue weighted by Gasteiger charge is 2.33. The number of fused-ring (bicyclic) bond motifs is 2. The fourth-order valence-electron chi connectivity index (χ4n) is 4.38. The van der Waals surface area contributed by atoms with E-state index < -0.39 is 0 Å². The first-order valence-electron chi connectivity index (χ1n) is 10.6. The van der Waals surface area contributed by atoms with E-state index in [1.165, 1.54) is 11.3 Å². The van der Waals surface area contributed by atoms with Gasteiger partial charge in [0, 0.05) is 37.1 Å². The van der Waals surface area contributed by atoms with Crippen LogP contribution in [0.1, 0.15) is 27.6 Å². The number of hydrogen-bond acceptors (Lipinski definition) is 6. The molecule has 2 N–H and O–H groups in total. The van der Waals surface area contributed by atoms with Crippen molar-refractivity contribution in [3.8, 4) is 0 Å². The predicted molar refractivity (Wildman–Crippen MR) is 123 cm³/mol. The van der Waals surface area contributed by atoms with Gasteiger partial charge in [-0.1, -0.05) is 18.2 Å². The molecule has 5 rings (SSSR count). The summed E-state index contributed by atoms with van der Waals surface area (Å²) >= 11 is 1.36. The molecule has 8 nitrogen and oxygen atoms in total. The van der Waals surface area contributed by atoms with Crippen LogP contribution in [0.4, 0.5) is 0 Å². The number of aliphatic hydroxyl groups is 1. The Morgan fingerprint density at radius 2 is 2.06 bits per heavy atom. The topological polar surface area (TPSA) is 100 Å². The summed E-state index contributed by atoms with van der Waals surface area (Å²) < 4.78 is 1.88. The van der Waals surface area contributed by atoms with Crippen molar-refractivity contribution >= 4 is 44.4 Å². The van der Waals surface area contributed by atoms with Crippen LogP contribution in [0.15, 0.2) is 48.9 Å². The Hall–Kier alpha value is -3.30. The monoisotopic (exact) mass is 449 g/mol. The van der Waals surface area contributed by atoms with Crippen molar-refractivity contribution in [1.29, 1.82) is 0 Å². The highest BCUT2D eigenvalue weighted by atomic mass is 32.1. The summed E-state index contributed by atoms with van der Waals surface area (Å²) in [5.41, 5.74) is 2.77. The molecule has 0 saturated carbocycles. The lowest BCUT2D eigenvalue weighted by molar-refractivity contribution is -0.130. The van der Waals surface area contributed by atoms with Gasteiger partial charge in [-0.2, -0.15) is 0 Å². The van der Waals surface area contributed by atoms with Crippen molar-refractivity contribution in [2.24, 2.45) is 0 Å². The number of imidazole rings is 1. The van der Waals surface area contributed by atoms with Crippen molar-refractivity contribution in [3.63, 3.8) is 0 Å². The van der Waals surface area contributed by atoms with Crippen LogP contribution < -0.4 is 5.32 Å². The smallest absolute Gasteiger partial charge is 0.261 e. The van der Waals surface area contributed by atoms with E-state index in [1.54, 1.807) is 12.5 Å². The number of carbonyl (C=O) groups excluding carboxylic acids is 2. The summed E-state index contributed by atoms with van der Waals surface area (Å²) in [6, 6.07) is 11.6. The Balaban J connectivity index is 1.38. The average molecular weight is 450 g/mol. The van der Waals surface area contributed by atoms with Gasteiger partial charge in [0.05, 0.1) is 28.8 Å². The molecule has 164 valence electrons. The number of benzene rings is 1. The number of pyridine rings is 1. The molecular formula is C23H23N5O3S. The molecule has 0 radical (unpaired) electrons. The number of aliphatic hydroxyl groups excluding tert-OH is 1. The maximum atomic E-state index is 13.1. The van der Waals surface area contributed by atoms with Crippen LogP contribution in [0.2, 0.25) is 0 Å². The van der Waals surface area contributed by atoms with Gasteiger partial charge in [0.2, 0.25) is 5.91 Å². The fraction of sp³-hybridized carbons (Fsp3) is 0.304. The summed E-state index contributed by atoms with van der Waals surface area (Å²) in [7, 11) is 0. The lowest BCUT2D eigenvalue weighted by Gasteiger charge is -2.18. The van der Waals surface area contributed by atoms with E-state index in [0.717, 1.165) is 33.2 Å². The Bertz CT molecular complexity index is 1300. The largest absolute Gasteiger partial charge is 0.395 e. The Labute approximate surface area is 188 Å². The number of likely N-dealkylation sites (tertiary alicyclic amines) is 1. The normalized spacial score (nSPS) is 16.2. The maximum absolute atomic E-state index is 13.1. The number of carbonyl (C=O) groups is 2. The molecular weight excluding hydrogens is 426 g/mol. The van der Waals surface area contributed by atoms with E-state index in [4.69, 9.17) is 5.11 Å². The first kappa shape index (κ1) is 20.6. The molecule has 4 heterocycles. The van der Waals surface area contributed by atoms with Crippen LogP contribution >= 0.6 is 11.3 Å². The third-order valence-electron chi connectivity index (χ3n) is 5.89. The summed E-state index contributed by atoms with van der Waals surface area (Å²) in [6.07, 6.45) is 4.22. The van der Waals surface area contributed by atoms with Crippen LogP contribution in [0.5, 0.6) is 0 Å². The van der Waals surface area contributed by atoms with Crippen LogP contribution in [0, 0.1) is 0 Å². The number of rotatable bonds is 6. The molecule has 1 fully saturated rings. The number of nitrogens with zero attached hydrogens (tertiary/aromatic N) is 4. The van der Waals surface area contributed by atoms with Crippen molar-refractivity contribution < 1.29 is 14.7 Å². The minimum atomic E-state index is -0.202. The van der Waals surface area contributed by atoms with Gasteiger partial charge in [0.15, 0.2) is 0 Å². The number of amides is 2. The lowest BCUT2D eigenvalue weighted by Crippen LogP contribution is -2.31. The summed E-state index contributed by atoms with van der Waals surface area (Å²) in [5, 5.41) is 12.8. The second-order valence-corrected chi connectivity index (χ2v) is 8.87. The predicted octanol–water partition coefficient (Wildman–Crippen LogP) is 2.38. The van der Waals surface area contributed by atoms with E-state index in [2.05, 4.69) is 15.3 Å². The Kier molecular flexibility index (Phi) is 5.59. The van der Waals surface area contributed by atoms with E-state index in [0.29, 0.717) is 18.0 Å². The molecule has 32 heavy (non-hydrogen) atoms. The van der Waals surface area contributed by atoms with Gasteiger partial charge in [0.25, 0.3) is 5.91 Å². The highest BCUT2D eigenvalue weighted by molar-refractivity contribution is 7.20. The first-order chi connectivity index (χ1) is 15.7. The Morgan fingerprint density at radius 1 is 1.19 bits per heavy atom. The van der Waals surface area contributed by atoms with E-state index in [-0.39, 0.29) is 37.4 Å². The molecule has 9 heteroatoms. The van der Waals surface area contributed by atoms with Gasteiger partial charge in [0.1, 0.15) is 11.4 Å². The Morgan fingerprint density at radius 3 is 2.94 bits per heavy atom. The summed E-state index contributed by atoms with van der Waals surface area (Å²) in [5.74, 6) is -0.0994. The van der Waals surface area contributed by atoms with Crippen molar-refractivity contribution in [1.82, 2.24) is 24.8 Å². The van der Waals surface area contributed by atoms with Crippen molar-refractivity contribution in [3.05, 3.63) is 59.4 Å². The maximum Gasteiger partial charge on any atom is 0.261 e. The van der Waals surface area contributed by atoms with E-state index in [9.17, 15) is 9.59 Å². The van der Waals surface area contributed by atoms with Crippen LogP contribution in [0.3, 0.4) is 0 Å². The molecule has 4 aromatic rings. The van der Waals surface area contributed by atoms with Gasteiger partial charge in [-0.3, -0.25) is 9.59 Å². The molecule has 1 unspecified atom stereocenters. The lowest BCUT2D eigenvalue weighted by atomic mass is 9.95. The SMILES string of the molecule is O=C(NCCO)c1sc2ncccc2c1C1CCN(C(=O)Cn2cnc3ccccc32)C1. The summed E-state index contributed by atoms with van der Waals surface area (Å²) in [6.45, 7) is 1.54. The molecule has 1 aliphatic rings. The molecule has 3 aromatic heterocycles.